The van der Waals surface area contributed by atoms with Gasteiger partial charge in [0.05, 0.1) is 9.92 Å². The first-order valence-electron chi connectivity index (χ1n) is 7.85. The van der Waals surface area contributed by atoms with Gasteiger partial charge in [0.1, 0.15) is 0 Å². The summed E-state index contributed by atoms with van der Waals surface area (Å²) in [5.74, 6) is 0. The summed E-state index contributed by atoms with van der Waals surface area (Å²) in [4.78, 5) is 19.8. The molecular formula is C18H15ClN4O3S. The average molecular weight is 403 g/mol. The molecule has 9 heteroatoms. The van der Waals surface area contributed by atoms with Crippen LogP contribution in [0.15, 0.2) is 77.0 Å². The summed E-state index contributed by atoms with van der Waals surface area (Å²) in [6, 6.07) is 11.8. The molecule has 0 aliphatic carbocycles. The molecule has 0 unspecified atom stereocenters. The van der Waals surface area contributed by atoms with Gasteiger partial charge in [-0.1, -0.05) is 11.6 Å². The van der Waals surface area contributed by atoms with Crippen molar-refractivity contribution in [3.05, 3.63) is 77.7 Å². The Labute approximate surface area is 161 Å². The molecule has 3 rings (SSSR count). The number of nitrogens with one attached hydrogen (secondary N) is 2. The number of urea groups is 1. The Morgan fingerprint density at radius 3 is 2.33 bits per heavy atom. The van der Waals surface area contributed by atoms with Crippen molar-refractivity contribution in [1.82, 2.24) is 15.3 Å². The zero-order chi connectivity index (χ0) is 19.3. The van der Waals surface area contributed by atoms with Gasteiger partial charge in [-0.25, -0.2) is 18.2 Å². The number of benzene rings is 1. The second kappa shape index (κ2) is 8.15. The second-order valence-corrected chi connectivity index (χ2v) is 7.84. The zero-order valence-corrected chi connectivity index (χ0v) is 15.5. The number of sulfone groups is 1. The van der Waals surface area contributed by atoms with E-state index < -0.39 is 15.9 Å². The van der Waals surface area contributed by atoms with Crippen LogP contribution in [-0.4, -0.2) is 24.4 Å². The summed E-state index contributed by atoms with van der Waals surface area (Å²) >= 11 is 5.74. The largest absolute Gasteiger partial charge is 0.334 e. The van der Waals surface area contributed by atoms with Gasteiger partial charge in [-0.2, -0.15) is 0 Å². The van der Waals surface area contributed by atoms with E-state index in [1.54, 1.807) is 24.5 Å². The molecule has 27 heavy (non-hydrogen) atoms. The zero-order valence-electron chi connectivity index (χ0n) is 14.0. The van der Waals surface area contributed by atoms with Gasteiger partial charge in [0.25, 0.3) is 0 Å². The molecule has 0 radical (unpaired) electrons. The maximum atomic E-state index is 12.5. The molecule has 0 fully saturated rings. The van der Waals surface area contributed by atoms with Crippen LogP contribution in [0.2, 0.25) is 5.02 Å². The molecule has 7 nitrogen and oxygen atoms in total. The molecule has 0 atom stereocenters. The lowest BCUT2D eigenvalue weighted by Crippen LogP contribution is -2.28. The average Bonchev–Trinajstić information content (AvgIpc) is 2.68. The second-order valence-electron chi connectivity index (χ2n) is 5.51. The van der Waals surface area contributed by atoms with Crippen LogP contribution in [0.25, 0.3) is 0 Å². The van der Waals surface area contributed by atoms with Crippen LogP contribution in [0, 0.1) is 0 Å². The first-order chi connectivity index (χ1) is 12.9. The summed E-state index contributed by atoms with van der Waals surface area (Å²) in [5.41, 5.74) is 1.38. The lowest BCUT2D eigenvalue weighted by molar-refractivity contribution is 0.251. The Morgan fingerprint density at radius 1 is 1.00 bits per heavy atom. The monoisotopic (exact) mass is 402 g/mol. The molecular weight excluding hydrogens is 388 g/mol. The number of anilines is 1. The van der Waals surface area contributed by atoms with E-state index in [1.165, 1.54) is 42.6 Å². The van der Waals surface area contributed by atoms with Gasteiger partial charge >= 0.3 is 6.03 Å². The van der Waals surface area contributed by atoms with Crippen molar-refractivity contribution in [2.24, 2.45) is 0 Å². The topological polar surface area (TPSA) is 101 Å². The van der Waals surface area contributed by atoms with Gasteiger partial charge in [0, 0.05) is 30.8 Å². The highest BCUT2D eigenvalue weighted by Crippen LogP contribution is 2.21. The van der Waals surface area contributed by atoms with Crippen LogP contribution in [0.4, 0.5) is 10.5 Å². The molecule has 2 heterocycles. The minimum atomic E-state index is -3.75. The fourth-order valence-electron chi connectivity index (χ4n) is 2.22. The SMILES string of the molecule is O=C(NCc1ccncc1)Nc1ccc(S(=O)(=O)c2ccc(Cl)cn2)cc1. The third-order valence-corrected chi connectivity index (χ3v) is 5.51. The number of aromatic nitrogens is 2. The Balaban J connectivity index is 1.64. The number of hydrogen-bond donors (Lipinski definition) is 2. The van der Waals surface area contributed by atoms with Crippen LogP contribution >= 0.6 is 11.6 Å². The maximum absolute atomic E-state index is 12.5. The smallest absolute Gasteiger partial charge is 0.319 e. The third-order valence-electron chi connectivity index (χ3n) is 3.60. The van der Waals surface area contributed by atoms with E-state index in [9.17, 15) is 13.2 Å². The first kappa shape index (κ1) is 18.8. The summed E-state index contributed by atoms with van der Waals surface area (Å²) in [6.45, 7) is 0.350. The van der Waals surface area contributed by atoms with E-state index in [4.69, 9.17) is 11.6 Å². The lowest BCUT2D eigenvalue weighted by atomic mass is 10.3. The Morgan fingerprint density at radius 2 is 1.70 bits per heavy atom. The molecule has 0 saturated carbocycles. The molecule has 0 saturated heterocycles. The third kappa shape index (κ3) is 4.81. The number of hydrogen-bond acceptors (Lipinski definition) is 5. The maximum Gasteiger partial charge on any atom is 0.319 e. The molecule has 138 valence electrons. The number of carbonyl (C=O) groups is 1. The highest BCUT2D eigenvalue weighted by atomic mass is 35.5. The van der Waals surface area contributed by atoms with Gasteiger partial charge in [-0.05, 0) is 54.1 Å². The van der Waals surface area contributed by atoms with Crippen molar-refractivity contribution in [2.45, 2.75) is 16.5 Å². The van der Waals surface area contributed by atoms with Crippen LogP contribution in [0.1, 0.15) is 5.56 Å². The Kier molecular flexibility index (Phi) is 5.68. The quantitative estimate of drug-likeness (QED) is 0.682. The Hall–Kier alpha value is -2.97. The number of carbonyl (C=O) groups excluding carboxylic acids is 1. The molecule has 3 aromatic rings. The standard InChI is InChI=1S/C18H15ClN4O3S/c19-14-1-6-17(21-12-14)27(25,26)16-4-2-15(3-5-16)23-18(24)22-11-13-7-9-20-10-8-13/h1-10,12H,11H2,(H2,22,23,24). The molecule has 2 aromatic heterocycles. The van der Waals surface area contributed by atoms with Crippen molar-refractivity contribution in [1.29, 1.82) is 0 Å². The van der Waals surface area contributed by atoms with Crippen molar-refractivity contribution in [2.75, 3.05) is 5.32 Å². The van der Waals surface area contributed by atoms with E-state index in [2.05, 4.69) is 20.6 Å². The number of halogens is 1. The summed E-state index contributed by atoms with van der Waals surface area (Å²) in [6.07, 6.45) is 4.56. The van der Waals surface area contributed by atoms with Crippen molar-refractivity contribution in [3.8, 4) is 0 Å². The molecule has 2 amide bonds. The highest BCUT2D eigenvalue weighted by molar-refractivity contribution is 7.91. The van der Waals surface area contributed by atoms with Crippen LogP contribution < -0.4 is 10.6 Å². The Bertz CT molecular complexity index is 1020. The van der Waals surface area contributed by atoms with E-state index >= 15 is 0 Å². The minimum absolute atomic E-state index is 0.0695. The molecule has 1 aromatic carbocycles. The van der Waals surface area contributed by atoms with Gasteiger partial charge in [0.15, 0.2) is 5.03 Å². The minimum Gasteiger partial charge on any atom is -0.334 e. The predicted octanol–water partition coefficient (Wildman–Crippen LogP) is 3.28. The number of pyridine rings is 2. The molecule has 0 aliphatic rings. The normalized spacial score (nSPS) is 11.0. The van der Waals surface area contributed by atoms with Crippen molar-refractivity contribution < 1.29 is 13.2 Å². The van der Waals surface area contributed by atoms with Gasteiger partial charge in [-0.15, -0.1) is 0 Å². The van der Waals surface area contributed by atoms with Crippen molar-refractivity contribution in [3.63, 3.8) is 0 Å². The van der Waals surface area contributed by atoms with Gasteiger partial charge < -0.3 is 10.6 Å². The van der Waals surface area contributed by atoms with Gasteiger partial charge in [-0.3, -0.25) is 4.98 Å². The van der Waals surface area contributed by atoms with Crippen molar-refractivity contribution >= 4 is 33.2 Å². The molecule has 0 bridgehead atoms. The number of rotatable bonds is 5. The van der Waals surface area contributed by atoms with E-state index in [0.717, 1.165) is 5.56 Å². The number of amides is 2. The molecule has 2 N–H and O–H groups in total. The van der Waals surface area contributed by atoms with E-state index in [1.807, 2.05) is 0 Å². The van der Waals surface area contributed by atoms with Crippen LogP contribution in [-0.2, 0) is 16.4 Å². The molecule has 0 spiro atoms. The highest BCUT2D eigenvalue weighted by Gasteiger charge is 2.19. The summed E-state index contributed by atoms with van der Waals surface area (Å²) in [7, 11) is -3.75. The fourth-order valence-corrected chi connectivity index (χ4v) is 3.50. The lowest BCUT2D eigenvalue weighted by Gasteiger charge is -2.09. The first-order valence-corrected chi connectivity index (χ1v) is 9.72. The molecule has 0 aliphatic heterocycles. The predicted molar refractivity (Wildman–Crippen MR) is 101 cm³/mol. The van der Waals surface area contributed by atoms with Crippen LogP contribution in [0.5, 0.6) is 0 Å². The fraction of sp³-hybridized carbons (Fsp3) is 0.0556. The summed E-state index contributed by atoms with van der Waals surface area (Å²) < 4.78 is 25.1. The van der Waals surface area contributed by atoms with E-state index in [-0.39, 0.29) is 9.92 Å². The van der Waals surface area contributed by atoms with Gasteiger partial charge in [0.2, 0.25) is 9.84 Å². The summed E-state index contributed by atoms with van der Waals surface area (Å²) in [5, 5.41) is 5.61. The van der Waals surface area contributed by atoms with E-state index in [0.29, 0.717) is 17.3 Å². The number of nitrogens with zero attached hydrogens (tertiary/aromatic N) is 2. The van der Waals surface area contributed by atoms with Crippen LogP contribution in [0.3, 0.4) is 0 Å².